The fraction of sp³-hybridized carbons (Fsp3) is 0.250. The number of hydrogen-bond donors (Lipinski definition) is 0. The van der Waals surface area contributed by atoms with Crippen molar-refractivity contribution in [3.63, 3.8) is 0 Å². The Morgan fingerprint density at radius 2 is 2.21 bits per heavy atom. The Morgan fingerprint density at radius 3 is 2.93 bits per heavy atom. The summed E-state index contributed by atoms with van der Waals surface area (Å²) in [5, 5.41) is 0.197. The molecule has 0 saturated heterocycles. The third-order valence-electron chi connectivity index (χ3n) is 1.95. The summed E-state index contributed by atoms with van der Waals surface area (Å²) in [6.45, 7) is 1.60. The smallest absolute Gasteiger partial charge is 0.234 e. The number of fused-ring (bicyclic) bond motifs is 1. The van der Waals surface area contributed by atoms with E-state index in [0.717, 1.165) is 0 Å². The third-order valence-corrected chi connectivity index (χ3v) is 3.65. The number of sulfone groups is 1. The van der Waals surface area contributed by atoms with Crippen molar-refractivity contribution < 1.29 is 8.42 Å². The maximum atomic E-state index is 11.6. The molecule has 2 heterocycles. The van der Waals surface area contributed by atoms with E-state index in [9.17, 15) is 8.42 Å². The predicted molar refractivity (Wildman–Crippen MR) is 50.7 cm³/mol. The first-order valence-corrected chi connectivity index (χ1v) is 5.81. The van der Waals surface area contributed by atoms with Crippen LogP contribution in [0.4, 0.5) is 0 Å². The monoisotopic (exact) mass is 211 g/mol. The molecule has 0 unspecified atom stereocenters. The predicted octanol–water partition coefficient (Wildman–Crippen LogP) is 0.523. The van der Waals surface area contributed by atoms with Crippen LogP contribution in [0.2, 0.25) is 0 Å². The molecule has 0 aromatic carbocycles. The highest BCUT2D eigenvalue weighted by Gasteiger charge is 2.16. The normalized spacial score (nSPS) is 12.1. The van der Waals surface area contributed by atoms with E-state index in [2.05, 4.69) is 9.97 Å². The van der Waals surface area contributed by atoms with Crippen molar-refractivity contribution in [2.24, 2.45) is 0 Å². The minimum absolute atomic E-state index is 0.0652. The maximum Gasteiger partial charge on any atom is 0.234 e. The van der Waals surface area contributed by atoms with E-state index >= 15 is 0 Å². The van der Waals surface area contributed by atoms with Gasteiger partial charge in [0.15, 0.2) is 14.9 Å². The summed E-state index contributed by atoms with van der Waals surface area (Å²) in [4.78, 5) is 7.84. The molecule has 0 aliphatic carbocycles. The summed E-state index contributed by atoms with van der Waals surface area (Å²) < 4.78 is 24.6. The molecule has 74 valence electrons. The molecule has 2 aromatic rings. The standard InChI is InChI=1S/C8H9N3O2S/c1-2-14(12,13)7-6-10-8-9-4-3-5-11(7)8/h3-6H,2H2,1H3. The largest absolute Gasteiger partial charge is 0.274 e. The van der Waals surface area contributed by atoms with Gasteiger partial charge in [0.05, 0.1) is 11.9 Å². The molecule has 0 radical (unpaired) electrons. The van der Waals surface area contributed by atoms with E-state index in [4.69, 9.17) is 0 Å². The molecule has 0 fully saturated rings. The second-order valence-electron chi connectivity index (χ2n) is 2.79. The fourth-order valence-corrected chi connectivity index (χ4v) is 2.14. The molecule has 0 amide bonds. The van der Waals surface area contributed by atoms with E-state index in [-0.39, 0.29) is 10.8 Å². The zero-order valence-corrected chi connectivity index (χ0v) is 8.40. The van der Waals surface area contributed by atoms with E-state index in [1.807, 2.05) is 0 Å². The minimum atomic E-state index is -3.22. The maximum absolute atomic E-state index is 11.6. The summed E-state index contributed by atoms with van der Waals surface area (Å²) in [6, 6.07) is 1.67. The van der Waals surface area contributed by atoms with Crippen LogP contribution < -0.4 is 0 Å². The first-order valence-electron chi connectivity index (χ1n) is 4.16. The van der Waals surface area contributed by atoms with Crippen molar-refractivity contribution in [3.05, 3.63) is 24.7 Å². The molecule has 0 aliphatic rings. The van der Waals surface area contributed by atoms with Gasteiger partial charge in [-0.2, -0.15) is 0 Å². The van der Waals surface area contributed by atoms with Crippen molar-refractivity contribution in [2.75, 3.05) is 5.75 Å². The van der Waals surface area contributed by atoms with Gasteiger partial charge in [0.25, 0.3) is 0 Å². The Morgan fingerprint density at radius 1 is 1.43 bits per heavy atom. The zero-order valence-electron chi connectivity index (χ0n) is 7.58. The highest BCUT2D eigenvalue weighted by molar-refractivity contribution is 7.91. The van der Waals surface area contributed by atoms with E-state index in [0.29, 0.717) is 5.78 Å². The lowest BCUT2D eigenvalue weighted by Crippen LogP contribution is -2.06. The van der Waals surface area contributed by atoms with Crippen LogP contribution in [-0.4, -0.2) is 28.5 Å². The van der Waals surface area contributed by atoms with Crippen LogP contribution in [0.3, 0.4) is 0 Å². The Labute approximate surface area is 81.3 Å². The Balaban J connectivity index is 2.77. The molecule has 2 aromatic heterocycles. The first kappa shape index (κ1) is 9.14. The van der Waals surface area contributed by atoms with Crippen molar-refractivity contribution >= 4 is 15.6 Å². The van der Waals surface area contributed by atoms with E-state index in [1.54, 1.807) is 25.4 Å². The van der Waals surface area contributed by atoms with Crippen molar-refractivity contribution in [2.45, 2.75) is 11.9 Å². The number of imidazole rings is 1. The molecule has 2 rings (SSSR count). The fourth-order valence-electron chi connectivity index (χ4n) is 1.18. The third kappa shape index (κ3) is 1.27. The molecular formula is C8H9N3O2S. The Hall–Kier alpha value is -1.43. The SMILES string of the molecule is CCS(=O)(=O)c1cnc2ncccn12. The average molecular weight is 211 g/mol. The number of rotatable bonds is 2. The molecule has 6 heteroatoms. The van der Waals surface area contributed by atoms with Crippen molar-refractivity contribution in [3.8, 4) is 0 Å². The summed E-state index contributed by atoms with van der Waals surface area (Å²) >= 11 is 0. The van der Waals surface area contributed by atoms with Gasteiger partial charge in [0, 0.05) is 12.4 Å². The molecule has 0 atom stereocenters. The van der Waals surface area contributed by atoms with Gasteiger partial charge >= 0.3 is 0 Å². The second-order valence-corrected chi connectivity index (χ2v) is 5.01. The van der Waals surface area contributed by atoms with Crippen molar-refractivity contribution in [1.29, 1.82) is 0 Å². The molecule has 0 N–H and O–H groups in total. The number of aromatic nitrogens is 3. The van der Waals surface area contributed by atoms with Crippen LogP contribution in [-0.2, 0) is 9.84 Å². The quantitative estimate of drug-likeness (QED) is 0.726. The van der Waals surface area contributed by atoms with Crippen LogP contribution in [0.5, 0.6) is 0 Å². The molecule has 0 spiro atoms. The molecule has 0 aliphatic heterocycles. The van der Waals surface area contributed by atoms with E-state index in [1.165, 1.54) is 10.6 Å². The molecule has 5 nitrogen and oxygen atoms in total. The lowest BCUT2D eigenvalue weighted by Gasteiger charge is -1.99. The van der Waals surface area contributed by atoms with Crippen LogP contribution in [0.15, 0.2) is 29.7 Å². The first-order chi connectivity index (χ1) is 6.65. The average Bonchev–Trinajstić information content (AvgIpc) is 2.61. The topological polar surface area (TPSA) is 64.3 Å². The van der Waals surface area contributed by atoms with Gasteiger partial charge in [0.1, 0.15) is 0 Å². The van der Waals surface area contributed by atoms with Gasteiger partial charge in [-0.1, -0.05) is 6.92 Å². The van der Waals surface area contributed by atoms with Gasteiger partial charge in [-0.15, -0.1) is 0 Å². The Bertz CT molecular complexity index is 559. The molecule has 14 heavy (non-hydrogen) atoms. The van der Waals surface area contributed by atoms with Gasteiger partial charge in [0.2, 0.25) is 5.78 Å². The molecule has 0 bridgehead atoms. The second kappa shape index (κ2) is 3.06. The lowest BCUT2D eigenvalue weighted by atomic mass is 10.7. The van der Waals surface area contributed by atoms with Crippen LogP contribution in [0.1, 0.15) is 6.92 Å². The Kier molecular flexibility index (Phi) is 1.99. The molecule has 0 saturated carbocycles. The minimum Gasteiger partial charge on any atom is -0.274 e. The number of hydrogen-bond acceptors (Lipinski definition) is 4. The summed E-state index contributed by atoms with van der Waals surface area (Å²) in [7, 11) is -3.22. The van der Waals surface area contributed by atoms with Crippen LogP contribution in [0, 0.1) is 0 Å². The van der Waals surface area contributed by atoms with Gasteiger partial charge in [-0.3, -0.25) is 4.40 Å². The van der Waals surface area contributed by atoms with E-state index < -0.39 is 9.84 Å². The highest BCUT2D eigenvalue weighted by Crippen LogP contribution is 2.11. The van der Waals surface area contributed by atoms with Crippen LogP contribution >= 0.6 is 0 Å². The van der Waals surface area contributed by atoms with Gasteiger partial charge in [-0.25, -0.2) is 18.4 Å². The lowest BCUT2D eigenvalue weighted by molar-refractivity contribution is 0.592. The van der Waals surface area contributed by atoms with Crippen LogP contribution in [0.25, 0.3) is 5.78 Å². The van der Waals surface area contributed by atoms with Crippen molar-refractivity contribution in [1.82, 2.24) is 14.4 Å². The summed E-state index contributed by atoms with van der Waals surface area (Å²) in [6.07, 6.45) is 4.55. The highest BCUT2D eigenvalue weighted by atomic mass is 32.2. The van der Waals surface area contributed by atoms with Gasteiger partial charge in [-0.05, 0) is 6.07 Å². The summed E-state index contributed by atoms with van der Waals surface area (Å²) in [5.41, 5.74) is 0. The molecular weight excluding hydrogens is 202 g/mol. The zero-order chi connectivity index (χ0) is 10.2. The van der Waals surface area contributed by atoms with Gasteiger partial charge < -0.3 is 0 Å². The number of nitrogens with zero attached hydrogens (tertiary/aromatic N) is 3. The summed E-state index contributed by atoms with van der Waals surface area (Å²) in [5.74, 6) is 0.468.